The van der Waals surface area contributed by atoms with Crippen LogP contribution < -0.4 is 0 Å². The van der Waals surface area contributed by atoms with Crippen molar-refractivity contribution < 1.29 is 0 Å². The Kier molecular flexibility index (Phi) is 4.05. The molecule has 7 aromatic rings. The van der Waals surface area contributed by atoms with Crippen molar-refractivity contribution in [3.05, 3.63) is 109 Å². The molecule has 0 amide bonds. The summed E-state index contributed by atoms with van der Waals surface area (Å²) in [6.45, 7) is 0. The number of rotatable bonds is 3. The molecule has 0 fully saturated rings. The Balaban J connectivity index is 1.29. The Morgan fingerprint density at radius 3 is 1.55 bits per heavy atom. The zero-order chi connectivity index (χ0) is 21.8. The van der Waals surface area contributed by atoms with E-state index in [-0.39, 0.29) is 0 Å². The summed E-state index contributed by atoms with van der Waals surface area (Å²) in [5.74, 6) is 0. The SMILES string of the molecule is c1ccc(-c2nnc(-c3ccc(-c4cc5ccc6cccc7ccc(c4)c5c67)cc3)s2)cc1. The van der Waals surface area contributed by atoms with Crippen LogP contribution in [0.5, 0.6) is 0 Å². The van der Waals surface area contributed by atoms with Crippen LogP contribution >= 0.6 is 11.3 Å². The van der Waals surface area contributed by atoms with E-state index >= 15 is 0 Å². The predicted molar refractivity (Wildman–Crippen MR) is 140 cm³/mol. The first-order chi connectivity index (χ1) is 16.3. The minimum absolute atomic E-state index is 0.941. The Labute approximate surface area is 195 Å². The molecule has 1 aromatic heterocycles. The van der Waals surface area contributed by atoms with Crippen LogP contribution in [0, 0.1) is 0 Å². The van der Waals surface area contributed by atoms with Gasteiger partial charge in [0, 0.05) is 11.1 Å². The van der Waals surface area contributed by atoms with E-state index in [2.05, 4.69) is 101 Å². The summed E-state index contributed by atoms with van der Waals surface area (Å²) in [6, 6.07) is 39.0. The topological polar surface area (TPSA) is 25.8 Å². The van der Waals surface area contributed by atoms with Gasteiger partial charge in [0.15, 0.2) is 0 Å². The molecule has 0 unspecified atom stereocenters. The number of benzene rings is 6. The number of hydrogen-bond donors (Lipinski definition) is 0. The van der Waals surface area contributed by atoms with Crippen LogP contribution in [0.15, 0.2) is 109 Å². The van der Waals surface area contributed by atoms with E-state index in [1.165, 1.54) is 43.4 Å². The molecule has 0 aliphatic heterocycles. The normalized spacial score (nSPS) is 11.6. The van der Waals surface area contributed by atoms with E-state index in [4.69, 9.17) is 0 Å². The molecule has 0 bridgehead atoms. The van der Waals surface area contributed by atoms with Crippen LogP contribution in [0.2, 0.25) is 0 Å². The average molecular weight is 439 g/mol. The quantitative estimate of drug-likeness (QED) is 0.259. The predicted octanol–water partition coefficient (Wildman–Crippen LogP) is 8.44. The molecule has 0 saturated carbocycles. The Morgan fingerprint density at radius 2 is 0.909 bits per heavy atom. The van der Waals surface area contributed by atoms with Crippen LogP contribution in [-0.4, -0.2) is 10.2 Å². The third-order valence-electron chi connectivity index (χ3n) is 6.37. The van der Waals surface area contributed by atoms with Crippen molar-refractivity contribution in [1.29, 1.82) is 0 Å². The van der Waals surface area contributed by atoms with E-state index < -0.39 is 0 Å². The zero-order valence-electron chi connectivity index (χ0n) is 17.7. The van der Waals surface area contributed by atoms with Gasteiger partial charge in [-0.25, -0.2) is 0 Å². The van der Waals surface area contributed by atoms with Crippen molar-refractivity contribution in [1.82, 2.24) is 10.2 Å². The fourth-order valence-electron chi connectivity index (χ4n) is 4.76. The van der Waals surface area contributed by atoms with Crippen molar-refractivity contribution >= 4 is 43.7 Å². The van der Waals surface area contributed by atoms with Gasteiger partial charge in [-0.2, -0.15) is 0 Å². The highest BCUT2D eigenvalue weighted by Crippen LogP contribution is 2.38. The smallest absolute Gasteiger partial charge is 0.138 e. The lowest BCUT2D eigenvalue weighted by Crippen LogP contribution is -1.86. The molecule has 2 nitrogen and oxygen atoms in total. The van der Waals surface area contributed by atoms with E-state index in [1.54, 1.807) is 11.3 Å². The van der Waals surface area contributed by atoms with E-state index in [9.17, 15) is 0 Å². The number of hydrogen-bond acceptors (Lipinski definition) is 3. The number of nitrogens with zero attached hydrogens (tertiary/aromatic N) is 2. The first kappa shape index (κ1) is 18.5. The van der Waals surface area contributed by atoms with Crippen LogP contribution in [-0.2, 0) is 0 Å². The lowest BCUT2D eigenvalue weighted by molar-refractivity contribution is 1.10. The van der Waals surface area contributed by atoms with Gasteiger partial charge in [0.25, 0.3) is 0 Å². The third kappa shape index (κ3) is 3.01. The summed E-state index contributed by atoms with van der Waals surface area (Å²) < 4.78 is 0. The second-order valence-electron chi connectivity index (χ2n) is 8.36. The maximum Gasteiger partial charge on any atom is 0.148 e. The maximum absolute atomic E-state index is 4.43. The van der Waals surface area contributed by atoms with Crippen molar-refractivity contribution in [2.45, 2.75) is 0 Å². The van der Waals surface area contributed by atoms with Gasteiger partial charge in [0.1, 0.15) is 10.0 Å². The molecule has 1 heterocycles. The van der Waals surface area contributed by atoms with Gasteiger partial charge in [0.2, 0.25) is 0 Å². The van der Waals surface area contributed by atoms with Crippen molar-refractivity contribution in [2.24, 2.45) is 0 Å². The van der Waals surface area contributed by atoms with Crippen molar-refractivity contribution in [3.8, 4) is 32.3 Å². The van der Waals surface area contributed by atoms with E-state index in [1.807, 2.05) is 18.2 Å². The molecule has 0 aliphatic carbocycles. The van der Waals surface area contributed by atoms with Crippen LogP contribution in [0.4, 0.5) is 0 Å². The zero-order valence-corrected chi connectivity index (χ0v) is 18.5. The van der Waals surface area contributed by atoms with Crippen LogP contribution in [0.25, 0.3) is 64.6 Å². The second kappa shape index (κ2) is 7.22. The molecule has 0 saturated heterocycles. The largest absolute Gasteiger partial charge is 0.148 e. The molecule has 0 aliphatic rings. The fourth-order valence-corrected chi connectivity index (χ4v) is 5.62. The first-order valence-electron chi connectivity index (χ1n) is 11.0. The molecular formula is C30H18N2S. The Morgan fingerprint density at radius 1 is 0.394 bits per heavy atom. The molecule has 3 heteroatoms. The molecule has 33 heavy (non-hydrogen) atoms. The number of aromatic nitrogens is 2. The van der Waals surface area contributed by atoms with Crippen LogP contribution in [0.3, 0.4) is 0 Å². The highest BCUT2D eigenvalue weighted by molar-refractivity contribution is 7.17. The summed E-state index contributed by atoms with van der Waals surface area (Å²) in [4.78, 5) is 0. The molecule has 6 aromatic carbocycles. The lowest BCUT2D eigenvalue weighted by atomic mass is 9.91. The van der Waals surface area contributed by atoms with Gasteiger partial charge in [-0.15, -0.1) is 10.2 Å². The maximum atomic E-state index is 4.43. The Bertz CT molecular complexity index is 1680. The Hall–Kier alpha value is -4.08. The summed E-state index contributed by atoms with van der Waals surface area (Å²) >= 11 is 1.62. The lowest BCUT2D eigenvalue weighted by Gasteiger charge is -2.13. The van der Waals surface area contributed by atoms with Gasteiger partial charge >= 0.3 is 0 Å². The molecule has 154 valence electrons. The van der Waals surface area contributed by atoms with E-state index in [0.29, 0.717) is 0 Å². The van der Waals surface area contributed by atoms with Gasteiger partial charge in [0.05, 0.1) is 0 Å². The van der Waals surface area contributed by atoms with Gasteiger partial charge in [-0.05, 0) is 55.6 Å². The molecular weight excluding hydrogens is 420 g/mol. The van der Waals surface area contributed by atoms with Gasteiger partial charge in [-0.1, -0.05) is 108 Å². The molecule has 0 radical (unpaired) electrons. The third-order valence-corrected chi connectivity index (χ3v) is 7.40. The van der Waals surface area contributed by atoms with Crippen LogP contribution in [0.1, 0.15) is 0 Å². The average Bonchev–Trinajstić information content (AvgIpc) is 3.38. The van der Waals surface area contributed by atoms with Crippen molar-refractivity contribution in [2.75, 3.05) is 0 Å². The van der Waals surface area contributed by atoms with E-state index in [0.717, 1.165) is 21.1 Å². The minimum Gasteiger partial charge on any atom is -0.138 e. The molecule has 0 spiro atoms. The summed E-state index contributed by atoms with van der Waals surface area (Å²) in [5, 5.41) is 18.6. The second-order valence-corrected chi connectivity index (χ2v) is 9.34. The standard InChI is InChI=1S/C30H18N2S/c1-2-5-22(6-3-1)29-31-32-30(33-29)23-13-9-19(10-14-23)26-17-24-15-11-20-7-4-8-21-12-16-25(18-26)28(24)27(20)21/h1-18H. The molecule has 0 atom stereocenters. The fraction of sp³-hybridized carbons (Fsp3) is 0. The highest BCUT2D eigenvalue weighted by atomic mass is 32.1. The minimum atomic E-state index is 0.941. The van der Waals surface area contributed by atoms with Gasteiger partial charge < -0.3 is 0 Å². The monoisotopic (exact) mass is 438 g/mol. The highest BCUT2D eigenvalue weighted by Gasteiger charge is 2.11. The summed E-state index contributed by atoms with van der Waals surface area (Å²) in [5.41, 5.74) is 4.63. The summed E-state index contributed by atoms with van der Waals surface area (Å²) in [7, 11) is 0. The molecule has 7 rings (SSSR count). The van der Waals surface area contributed by atoms with Crippen molar-refractivity contribution in [3.63, 3.8) is 0 Å². The molecule has 0 N–H and O–H groups in total. The van der Waals surface area contributed by atoms with Gasteiger partial charge in [-0.3, -0.25) is 0 Å². The first-order valence-corrected chi connectivity index (χ1v) is 11.8. The summed E-state index contributed by atoms with van der Waals surface area (Å²) in [6.07, 6.45) is 0.